The lowest BCUT2D eigenvalue weighted by Crippen LogP contribution is -2.27. The lowest BCUT2D eigenvalue weighted by Gasteiger charge is -2.25. The van der Waals surface area contributed by atoms with E-state index in [-0.39, 0.29) is 0 Å². The van der Waals surface area contributed by atoms with Gasteiger partial charge in [-0.2, -0.15) is 0 Å². The number of hydrogen-bond donors (Lipinski definition) is 0. The van der Waals surface area contributed by atoms with Crippen LogP contribution in [0.1, 0.15) is 56.9 Å². The lowest BCUT2D eigenvalue weighted by atomic mass is 10.1. The average molecular weight is 503 g/mol. The molecule has 4 nitrogen and oxygen atoms in total. The second-order valence-corrected chi connectivity index (χ2v) is 10.1. The first kappa shape index (κ1) is 26.6. The number of ether oxygens (including phenoxy) is 1. The largest absolute Gasteiger partial charge is 0.497 e. The molecule has 184 valence electrons. The quantitative estimate of drug-likeness (QED) is 0.251. The number of aromatic nitrogens is 2. The molecule has 0 aliphatic carbocycles. The van der Waals surface area contributed by atoms with Crippen LogP contribution in [0.25, 0.3) is 11.4 Å². The summed E-state index contributed by atoms with van der Waals surface area (Å²) in [5.41, 5.74) is 4.50. The molecule has 0 fully saturated rings. The highest BCUT2D eigenvalue weighted by Gasteiger charge is 2.21. The van der Waals surface area contributed by atoms with E-state index in [4.69, 9.17) is 32.9 Å². The number of imidazole rings is 1. The van der Waals surface area contributed by atoms with Crippen LogP contribution in [0, 0.1) is 12.8 Å². The summed E-state index contributed by atoms with van der Waals surface area (Å²) >= 11 is 13.4. The molecule has 0 N–H and O–H groups in total. The van der Waals surface area contributed by atoms with E-state index in [1.54, 1.807) is 7.11 Å². The molecule has 3 aromatic rings. The Morgan fingerprint density at radius 3 is 2.50 bits per heavy atom. The first-order chi connectivity index (χ1) is 16.3. The van der Waals surface area contributed by atoms with Gasteiger partial charge in [-0.25, -0.2) is 4.98 Å². The zero-order valence-corrected chi connectivity index (χ0v) is 22.6. The summed E-state index contributed by atoms with van der Waals surface area (Å²) in [7, 11) is 1.66. The predicted octanol–water partition coefficient (Wildman–Crippen LogP) is 8.02. The first-order valence-corrected chi connectivity index (χ1v) is 12.9. The molecule has 2 aromatic carbocycles. The van der Waals surface area contributed by atoms with Crippen LogP contribution in [0.5, 0.6) is 5.75 Å². The maximum Gasteiger partial charge on any atom is 0.152 e. The maximum absolute atomic E-state index is 6.81. The Kier molecular flexibility index (Phi) is 9.87. The van der Waals surface area contributed by atoms with E-state index >= 15 is 0 Å². The van der Waals surface area contributed by atoms with Crippen LogP contribution in [0.3, 0.4) is 0 Å². The molecule has 34 heavy (non-hydrogen) atoms. The molecule has 0 saturated heterocycles. The molecule has 0 radical (unpaired) electrons. The van der Waals surface area contributed by atoms with Crippen molar-refractivity contribution in [2.24, 2.45) is 5.92 Å². The Morgan fingerprint density at radius 1 is 1.09 bits per heavy atom. The number of unbranched alkanes of at least 4 members (excludes halogenated alkanes) is 1. The molecule has 0 aliphatic heterocycles. The van der Waals surface area contributed by atoms with E-state index in [9.17, 15) is 0 Å². The second kappa shape index (κ2) is 12.6. The average Bonchev–Trinajstić information content (AvgIpc) is 3.12. The van der Waals surface area contributed by atoms with Crippen LogP contribution >= 0.6 is 23.2 Å². The van der Waals surface area contributed by atoms with Crippen LogP contribution in [0.15, 0.2) is 42.5 Å². The number of benzene rings is 2. The molecular formula is C28H37Cl2N3O. The summed E-state index contributed by atoms with van der Waals surface area (Å²) in [4.78, 5) is 7.28. The second-order valence-electron chi connectivity index (χ2n) is 9.34. The molecule has 0 unspecified atom stereocenters. The third-order valence-electron chi connectivity index (χ3n) is 6.20. The van der Waals surface area contributed by atoms with Crippen molar-refractivity contribution in [1.82, 2.24) is 14.5 Å². The van der Waals surface area contributed by atoms with E-state index in [2.05, 4.69) is 67.5 Å². The minimum atomic E-state index is 0.588. The van der Waals surface area contributed by atoms with Crippen molar-refractivity contribution in [3.63, 3.8) is 0 Å². The molecule has 1 aromatic heterocycles. The van der Waals surface area contributed by atoms with Crippen molar-refractivity contribution in [2.75, 3.05) is 13.7 Å². The summed E-state index contributed by atoms with van der Waals surface area (Å²) in [5, 5.41) is 1.31. The summed E-state index contributed by atoms with van der Waals surface area (Å²) < 4.78 is 7.65. The number of hydrogen-bond acceptors (Lipinski definition) is 3. The molecular weight excluding hydrogens is 465 g/mol. The molecule has 0 bridgehead atoms. The van der Waals surface area contributed by atoms with Gasteiger partial charge in [0.15, 0.2) is 5.15 Å². The van der Waals surface area contributed by atoms with E-state index in [0.29, 0.717) is 11.1 Å². The number of aryl methyl sites for hydroxylation is 1. The molecule has 3 rings (SSSR count). The Hall–Kier alpha value is -2.01. The van der Waals surface area contributed by atoms with Gasteiger partial charge in [-0.3, -0.25) is 4.90 Å². The van der Waals surface area contributed by atoms with Gasteiger partial charge < -0.3 is 9.30 Å². The minimum absolute atomic E-state index is 0.588. The zero-order valence-electron chi connectivity index (χ0n) is 21.1. The van der Waals surface area contributed by atoms with Gasteiger partial charge in [-0.15, -0.1) is 0 Å². The van der Waals surface area contributed by atoms with Crippen molar-refractivity contribution in [3.8, 4) is 17.1 Å². The lowest BCUT2D eigenvalue weighted by molar-refractivity contribution is 0.235. The van der Waals surface area contributed by atoms with Crippen molar-refractivity contribution >= 4 is 23.2 Å². The van der Waals surface area contributed by atoms with Crippen molar-refractivity contribution < 1.29 is 4.74 Å². The van der Waals surface area contributed by atoms with E-state index < -0.39 is 0 Å². The van der Waals surface area contributed by atoms with Gasteiger partial charge in [0.05, 0.1) is 12.8 Å². The topological polar surface area (TPSA) is 30.3 Å². The minimum Gasteiger partial charge on any atom is -0.497 e. The Morgan fingerprint density at radius 2 is 1.85 bits per heavy atom. The van der Waals surface area contributed by atoms with Crippen LogP contribution in [-0.2, 0) is 19.6 Å². The Labute approximate surface area is 214 Å². The maximum atomic E-state index is 6.81. The van der Waals surface area contributed by atoms with Crippen LogP contribution in [-0.4, -0.2) is 28.1 Å². The summed E-state index contributed by atoms with van der Waals surface area (Å²) in [6, 6.07) is 14.3. The first-order valence-electron chi connectivity index (χ1n) is 12.2. The standard InChI is InChI=1S/C28H37Cl2N3O/c1-6-7-15-33-26(27(30)31-28(33)24-11-9-8-10-21(24)4)19-32(16-14-20(2)3)18-22-12-13-23(34-5)17-25(22)29/h8-13,17,20H,6-7,14-16,18-19H2,1-5H3. The summed E-state index contributed by atoms with van der Waals surface area (Å²) in [6.45, 7) is 12.2. The molecule has 0 amide bonds. The smallest absolute Gasteiger partial charge is 0.152 e. The van der Waals surface area contributed by atoms with Crippen LogP contribution < -0.4 is 4.74 Å². The highest BCUT2D eigenvalue weighted by atomic mass is 35.5. The van der Waals surface area contributed by atoms with Gasteiger partial charge in [-0.05, 0) is 55.5 Å². The highest BCUT2D eigenvalue weighted by Crippen LogP contribution is 2.31. The van der Waals surface area contributed by atoms with Crippen molar-refractivity contribution in [3.05, 3.63) is 69.5 Å². The Bertz CT molecular complexity index is 1080. The normalized spacial score (nSPS) is 11.6. The number of nitrogens with zero attached hydrogens (tertiary/aromatic N) is 3. The van der Waals surface area contributed by atoms with Gasteiger partial charge in [-0.1, -0.05) is 80.7 Å². The number of halogens is 2. The fourth-order valence-electron chi connectivity index (χ4n) is 4.08. The molecule has 6 heteroatoms. The molecule has 0 saturated carbocycles. The van der Waals surface area contributed by atoms with Crippen molar-refractivity contribution in [1.29, 1.82) is 0 Å². The van der Waals surface area contributed by atoms with Crippen LogP contribution in [0.4, 0.5) is 0 Å². The van der Waals surface area contributed by atoms with Gasteiger partial charge in [0.1, 0.15) is 11.6 Å². The zero-order chi connectivity index (χ0) is 24.7. The number of rotatable bonds is 12. The predicted molar refractivity (Wildman–Crippen MR) is 144 cm³/mol. The molecule has 0 aliphatic rings. The third kappa shape index (κ3) is 6.78. The molecule has 0 spiro atoms. The van der Waals surface area contributed by atoms with E-state index in [0.717, 1.165) is 78.9 Å². The molecule has 1 heterocycles. The summed E-state index contributed by atoms with van der Waals surface area (Å²) in [5.74, 6) is 2.33. The summed E-state index contributed by atoms with van der Waals surface area (Å²) in [6.07, 6.45) is 3.29. The third-order valence-corrected chi connectivity index (χ3v) is 6.85. The van der Waals surface area contributed by atoms with Gasteiger partial charge >= 0.3 is 0 Å². The fraction of sp³-hybridized carbons (Fsp3) is 0.464. The fourth-order valence-corrected chi connectivity index (χ4v) is 4.56. The Balaban J connectivity index is 1.96. The highest BCUT2D eigenvalue weighted by molar-refractivity contribution is 6.31. The number of methoxy groups -OCH3 is 1. The van der Waals surface area contributed by atoms with Gasteiger partial charge in [0.25, 0.3) is 0 Å². The van der Waals surface area contributed by atoms with Crippen LogP contribution in [0.2, 0.25) is 10.2 Å². The molecule has 0 atom stereocenters. The van der Waals surface area contributed by atoms with Crippen molar-refractivity contribution in [2.45, 2.75) is 66.6 Å². The monoisotopic (exact) mass is 501 g/mol. The van der Waals surface area contributed by atoms with Gasteiger partial charge in [0.2, 0.25) is 0 Å². The van der Waals surface area contributed by atoms with E-state index in [1.807, 2.05) is 12.1 Å². The van der Waals surface area contributed by atoms with E-state index in [1.165, 1.54) is 5.56 Å². The van der Waals surface area contributed by atoms with Gasteiger partial charge in [0, 0.05) is 30.2 Å². The SMILES string of the molecule is CCCCn1c(-c2ccccc2C)nc(Cl)c1CN(CCC(C)C)Cc1ccc(OC)cc1Cl.